The first-order valence-electron chi connectivity index (χ1n) is 12.9. The van der Waals surface area contributed by atoms with Crippen LogP contribution in [0.2, 0.25) is 0 Å². The number of nitrogens with zero attached hydrogens (tertiary/aromatic N) is 5. The minimum absolute atomic E-state index is 0.0922. The lowest BCUT2D eigenvalue weighted by Gasteiger charge is -2.45. The van der Waals surface area contributed by atoms with Gasteiger partial charge in [-0.15, -0.1) is 0 Å². The van der Waals surface area contributed by atoms with Crippen LogP contribution >= 0.6 is 0 Å². The van der Waals surface area contributed by atoms with Crippen molar-refractivity contribution >= 4 is 11.6 Å². The Morgan fingerprint density at radius 1 is 1.00 bits per heavy atom. The van der Waals surface area contributed by atoms with Crippen LogP contribution in [0.5, 0.6) is 5.75 Å². The largest absolute Gasteiger partial charge is 0.435 e. The number of hydrogen-bond donors (Lipinski definition) is 1. The molecule has 3 aromatic heterocycles. The lowest BCUT2D eigenvalue weighted by Crippen LogP contribution is -2.60. The molecule has 39 heavy (non-hydrogen) atoms. The monoisotopic (exact) mass is 535 g/mol. The molecule has 1 aromatic carbocycles. The number of rotatable bonds is 5. The van der Waals surface area contributed by atoms with Crippen molar-refractivity contribution in [3.63, 3.8) is 0 Å². The van der Waals surface area contributed by atoms with Gasteiger partial charge >= 0.3 is 6.61 Å². The lowest BCUT2D eigenvalue weighted by molar-refractivity contribution is -0.0506. The zero-order valence-corrected chi connectivity index (χ0v) is 21.2. The molecule has 3 aliphatic rings. The topological polar surface area (TPSA) is 94.2 Å². The number of morpholine rings is 2. The minimum atomic E-state index is -2.95. The summed E-state index contributed by atoms with van der Waals surface area (Å²) in [6.07, 6.45) is 5.82. The molecule has 2 fully saturated rings. The maximum atomic E-state index is 13.2. The molecule has 4 aromatic rings. The Bertz CT molecular complexity index is 1500. The van der Waals surface area contributed by atoms with Crippen LogP contribution < -0.4 is 9.64 Å². The summed E-state index contributed by atoms with van der Waals surface area (Å²) in [7, 11) is 0. The zero-order chi connectivity index (χ0) is 26.7. The molecule has 0 radical (unpaired) electrons. The van der Waals surface area contributed by atoms with E-state index in [1.165, 1.54) is 6.07 Å². The Hall–Kier alpha value is -3.67. The van der Waals surface area contributed by atoms with Gasteiger partial charge in [0.25, 0.3) is 0 Å². The first-order chi connectivity index (χ1) is 18.9. The molecule has 11 heteroatoms. The number of benzene rings is 1. The molecule has 0 amide bonds. The average Bonchev–Trinajstić information content (AvgIpc) is 3.43. The predicted molar refractivity (Wildman–Crippen MR) is 137 cm³/mol. The summed E-state index contributed by atoms with van der Waals surface area (Å²) in [4.78, 5) is 16.3. The van der Waals surface area contributed by atoms with Crippen molar-refractivity contribution < 1.29 is 28.1 Å². The molecular formula is C28H27F2N5O4. The van der Waals surface area contributed by atoms with Crippen molar-refractivity contribution in [2.75, 3.05) is 31.3 Å². The Kier molecular flexibility index (Phi) is 5.76. The van der Waals surface area contributed by atoms with E-state index in [2.05, 4.69) is 14.9 Å². The number of ether oxygens (including phenoxy) is 3. The molecule has 7 rings (SSSR count). The van der Waals surface area contributed by atoms with Gasteiger partial charge in [-0.25, -0.2) is 15.0 Å². The van der Waals surface area contributed by atoms with Crippen LogP contribution in [0, 0.1) is 0 Å². The van der Waals surface area contributed by atoms with Crippen molar-refractivity contribution in [1.29, 1.82) is 0 Å². The van der Waals surface area contributed by atoms with E-state index in [9.17, 15) is 13.9 Å². The zero-order valence-electron chi connectivity index (χ0n) is 21.2. The molecule has 9 nitrogen and oxygen atoms in total. The van der Waals surface area contributed by atoms with Crippen molar-refractivity contribution in [2.45, 2.75) is 43.6 Å². The molecule has 5 heterocycles. The second-order valence-corrected chi connectivity index (χ2v) is 10.5. The highest BCUT2D eigenvalue weighted by Crippen LogP contribution is 2.49. The molecule has 2 atom stereocenters. The summed E-state index contributed by atoms with van der Waals surface area (Å²) in [6, 6.07) is 10.7. The van der Waals surface area contributed by atoms with Crippen molar-refractivity contribution in [2.24, 2.45) is 0 Å². The van der Waals surface area contributed by atoms with E-state index in [4.69, 9.17) is 19.2 Å². The summed E-state index contributed by atoms with van der Waals surface area (Å²) in [5.41, 5.74) is 2.97. The lowest BCUT2D eigenvalue weighted by atomic mass is 9.93. The van der Waals surface area contributed by atoms with E-state index in [1.54, 1.807) is 37.5 Å². The number of halogens is 2. The smallest absolute Gasteiger partial charge is 0.387 e. The summed E-state index contributed by atoms with van der Waals surface area (Å²) in [6.45, 7) is 1.09. The number of alkyl halides is 2. The third kappa shape index (κ3) is 4.12. The summed E-state index contributed by atoms with van der Waals surface area (Å²) in [5.74, 6) is 0.350. The van der Waals surface area contributed by atoms with Crippen LogP contribution in [0.4, 0.5) is 14.7 Å². The Morgan fingerprint density at radius 2 is 1.69 bits per heavy atom. The van der Waals surface area contributed by atoms with Gasteiger partial charge in [0.15, 0.2) is 0 Å². The first kappa shape index (κ1) is 24.4. The standard InChI is InChI=1S/C28H27F2N5O4/c1-28(36)8-21(20-4-2-3-5-22(20)39-26(29)30)24-25(28)33-23-7-6-16(11-34(23)24)17-9-31-27(32-10-17)35-18-12-37-14-19(35)15-38-13-18/h2-7,9-11,18-19,21,26,36H,8,12-15H2,1H3/t18-,19+,21-,28-/m1/s1. The molecule has 1 aliphatic carbocycles. The Labute approximate surface area is 223 Å². The van der Waals surface area contributed by atoms with Crippen LogP contribution in [0.3, 0.4) is 0 Å². The quantitative estimate of drug-likeness (QED) is 0.413. The van der Waals surface area contributed by atoms with Crippen LogP contribution in [0.25, 0.3) is 16.8 Å². The van der Waals surface area contributed by atoms with Gasteiger partial charge in [-0.1, -0.05) is 18.2 Å². The van der Waals surface area contributed by atoms with Gasteiger partial charge in [0.05, 0.1) is 49.9 Å². The van der Waals surface area contributed by atoms with E-state index in [0.717, 1.165) is 16.8 Å². The number of hydrogen-bond acceptors (Lipinski definition) is 8. The number of imidazole rings is 1. The number of aliphatic hydroxyl groups is 1. The van der Waals surface area contributed by atoms with E-state index in [0.29, 0.717) is 55.7 Å². The molecule has 0 spiro atoms. The predicted octanol–water partition coefficient (Wildman–Crippen LogP) is 3.74. The van der Waals surface area contributed by atoms with Gasteiger partial charge in [0.1, 0.15) is 17.0 Å². The third-order valence-electron chi connectivity index (χ3n) is 7.84. The molecule has 0 unspecified atom stereocenters. The Balaban J connectivity index is 1.27. The first-order valence-corrected chi connectivity index (χ1v) is 12.9. The fourth-order valence-electron chi connectivity index (χ4n) is 6.11. The Morgan fingerprint density at radius 3 is 2.38 bits per heavy atom. The molecule has 2 aliphatic heterocycles. The second-order valence-electron chi connectivity index (χ2n) is 10.5. The highest BCUT2D eigenvalue weighted by molar-refractivity contribution is 5.65. The average molecular weight is 536 g/mol. The summed E-state index contributed by atoms with van der Waals surface area (Å²) < 4.78 is 44.5. The van der Waals surface area contributed by atoms with Crippen LogP contribution in [0.1, 0.15) is 36.2 Å². The third-order valence-corrected chi connectivity index (χ3v) is 7.84. The number of anilines is 1. The highest BCUT2D eigenvalue weighted by atomic mass is 19.3. The summed E-state index contributed by atoms with van der Waals surface area (Å²) in [5, 5.41) is 11.3. The fourth-order valence-corrected chi connectivity index (χ4v) is 6.11. The minimum Gasteiger partial charge on any atom is -0.435 e. The second kappa shape index (κ2) is 9.22. The molecular weight excluding hydrogens is 508 g/mol. The van der Waals surface area contributed by atoms with Gasteiger partial charge in [0.2, 0.25) is 5.95 Å². The van der Waals surface area contributed by atoms with Gasteiger partial charge in [-0.3, -0.25) is 0 Å². The SMILES string of the molecule is C[C@@]1(O)C[C@H](c2ccccc2OC(F)F)c2c1nc1ccc(-c3cnc(N4[C@H]5COC[C@@H]4COC5)nc3)cn21. The molecule has 2 bridgehead atoms. The normalized spacial score (nSPS) is 26.3. The maximum absolute atomic E-state index is 13.2. The maximum Gasteiger partial charge on any atom is 0.387 e. The van der Waals surface area contributed by atoms with Crippen LogP contribution in [0.15, 0.2) is 55.0 Å². The highest BCUT2D eigenvalue weighted by Gasteiger charge is 2.45. The van der Waals surface area contributed by atoms with Crippen LogP contribution in [-0.4, -0.2) is 69.6 Å². The van der Waals surface area contributed by atoms with Crippen molar-refractivity contribution in [1.82, 2.24) is 19.4 Å². The van der Waals surface area contributed by atoms with Gasteiger partial charge in [0, 0.05) is 41.2 Å². The van der Waals surface area contributed by atoms with Crippen LogP contribution in [-0.2, 0) is 15.1 Å². The van der Waals surface area contributed by atoms with E-state index >= 15 is 0 Å². The van der Waals surface area contributed by atoms with E-state index in [1.807, 2.05) is 22.7 Å². The number of pyridine rings is 1. The molecule has 2 saturated heterocycles. The number of aromatic nitrogens is 4. The number of para-hydroxylation sites is 1. The summed E-state index contributed by atoms with van der Waals surface area (Å²) >= 11 is 0. The fraction of sp³-hybridized carbons (Fsp3) is 0.393. The van der Waals surface area contributed by atoms with Gasteiger partial charge in [-0.05, 0) is 31.5 Å². The van der Waals surface area contributed by atoms with E-state index in [-0.39, 0.29) is 17.8 Å². The molecule has 0 saturated carbocycles. The number of fused-ring (bicyclic) bond motifs is 5. The van der Waals surface area contributed by atoms with Gasteiger partial charge < -0.3 is 28.6 Å². The van der Waals surface area contributed by atoms with Crippen molar-refractivity contribution in [3.8, 4) is 16.9 Å². The van der Waals surface area contributed by atoms with E-state index < -0.39 is 18.1 Å². The van der Waals surface area contributed by atoms with Gasteiger partial charge in [-0.2, -0.15) is 8.78 Å². The molecule has 1 N–H and O–H groups in total. The van der Waals surface area contributed by atoms with Crippen molar-refractivity contribution in [3.05, 3.63) is 71.9 Å². The molecule has 202 valence electrons.